The van der Waals surface area contributed by atoms with Gasteiger partial charge in [-0.25, -0.2) is 12.8 Å². The molecule has 2 aliphatic heterocycles. The lowest BCUT2D eigenvalue weighted by atomic mass is 10.1. The van der Waals surface area contributed by atoms with Gasteiger partial charge >= 0.3 is 0 Å². The van der Waals surface area contributed by atoms with Gasteiger partial charge in [0.15, 0.2) is 0 Å². The van der Waals surface area contributed by atoms with Crippen LogP contribution in [-0.4, -0.2) is 88.0 Å². The van der Waals surface area contributed by atoms with Crippen molar-refractivity contribution < 1.29 is 22.3 Å². The largest absolute Gasteiger partial charge is 0.379 e. The zero-order valence-corrected chi connectivity index (χ0v) is 15.0. The van der Waals surface area contributed by atoms with Gasteiger partial charge in [0.05, 0.1) is 23.7 Å². The molecular formula is C16H22FN3O4S. The number of hydrogen-bond donors (Lipinski definition) is 0. The van der Waals surface area contributed by atoms with E-state index < -0.39 is 21.7 Å². The summed E-state index contributed by atoms with van der Waals surface area (Å²) in [5, 5.41) is 0. The molecule has 138 valence electrons. The average molecular weight is 371 g/mol. The molecule has 0 spiro atoms. The second kappa shape index (κ2) is 7.36. The predicted molar refractivity (Wildman–Crippen MR) is 89.4 cm³/mol. The Morgan fingerprint density at radius 1 is 1.08 bits per heavy atom. The summed E-state index contributed by atoms with van der Waals surface area (Å²) < 4.78 is 46.1. The van der Waals surface area contributed by atoms with E-state index in [1.807, 2.05) is 7.05 Å². The van der Waals surface area contributed by atoms with E-state index in [1.54, 1.807) is 4.90 Å². The number of ether oxygens (including phenoxy) is 1. The van der Waals surface area contributed by atoms with Gasteiger partial charge in [-0.05, 0) is 25.2 Å². The quantitative estimate of drug-likeness (QED) is 0.761. The third-order valence-corrected chi connectivity index (χ3v) is 6.46. The highest BCUT2D eigenvalue weighted by atomic mass is 32.2. The van der Waals surface area contributed by atoms with Gasteiger partial charge in [0.1, 0.15) is 5.82 Å². The SMILES string of the molecule is CN1CCN(C(=O)c2cc(S(=O)(=O)N3CCOCC3)ccc2F)CC1. The van der Waals surface area contributed by atoms with Crippen LogP contribution in [0.2, 0.25) is 0 Å². The number of halogens is 1. The Kier molecular flexibility index (Phi) is 5.38. The van der Waals surface area contributed by atoms with Crippen LogP contribution in [0.5, 0.6) is 0 Å². The first kappa shape index (κ1) is 18.2. The molecule has 1 aromatic carbocycles. The van der Waals surface area contributed by atoms with Crippen LogP contribution in [0.4, 0.5) is 4.39 Å². The number of amides is 1. The standard InChI is InChI=1S/C16H22FN3O4S/c1-18-4-6-19(7-5-18)16(21)14-12-13(2-3-15(14)17)25(22,23)20-8-10-24-11-9-20/h2-3,12H,4-11H2,1H3. The molecule has 0 saturated carbocycles. The van der Waals surface area contributed by atoms with Crippen molar-refractivity contribution in [3.63, 3.8) is 0 Å². The monoisotopic (exact) mass is 371 g/mol. The van der Waals surface area contributed by atoms with Crippen molar-refractivity contribution in [2.45, 2.75) is 4.90 Å². The minimum atomic E-state index is -3.77. The molecule has 3 rings (SSSR count). The topological polar surface area (TPSA) is 70.2 Å². The summed E-state index contributed by atoms with van der Waals surface area (Å²) >= 11 is 0. The first-order chi connectivity index (χ1) is 11.9. The molecule has 9 heteroatoms. The third kappa shape index (κ3) is 3.84. The van der Waals surface area contributed by atoms with Crippen molar-refractivity contribution in [3.05, 3.63) is 29.6 Å². The van der Waals surface area contributed by atoms with E-state index >= 15 is 0 Å². The first-order valence-electron chi connectivity index (χ1n) is 8.25. The fraction of sp³-hybridized carbons (Fsp3) is 0.562. The number of morpholine rings is 1. The summed E-state index contributed by atoms with van der Waals surface area (Å²) in [5.41, 5.74) is -0.195. The lowest BCUT2D eigenvalue weighted by molar-refractivity contribution is 0.0659. The van der Waals surface area contributed by atoms with Crippen LogP contribution in [0.3, 0.4) is 0 Å². The number of sulfonamides is 1. The zero-order valence-electron chi connectivity index (χ0n) is 14.1. The molecule has 0 unspecified atom stereocenters. The predicted octanol–water partition coefficient (Wildman–Crippen LogP) is 0.234. The number of piperazine rings is 1. The van der Waals surface area contributed by atoms with Crippen molar-refractivity contribution in [3.8, 4) is 0 Å². The maximum Gasteiger partial charge on any atom is 0.256 e. The molecule has 0 radical (unpaired) electrons. The highest BCUT2D eigenvalue weighted by molar-refractivity contribution is 7.89. The number of likely N-dealkylation sites (N-methyl/N-ethyl adjacent to an activating group) is 1. The van der Waals surface area contributed by atoms with E-state index in [0.29, 0.717) is 39.4 Å². The summed E-state index contributed by atoms with van der Waals surface area (Å²) in [4.78, 5) is 16.2. The molecule has 1 aromatic rings. The molecule has 0 atom stereocenters. The van der Waals surface area contributed by atoms with Crippen LogP contribution in [0.25, 0.3) is 0 Å². The van der Waals surface area contributed by atoms with Gasteiger partial charge in [-0.2, -0.15) is 4.31 Å². The number of carbonyl (C=O) groups is 1. The van der Waals surface area contributed by atoms with Gasteiger partial charge < -0.3 is 14.5 Å². The number of carbonyl (C=O) groups excluding carboxylic acids is 1. The van der Waals surface area contributed by atoms with Crippen molar-refractivity contribution in [2.75, 3.05) is 59.5 Å². The highest BCUT2D eigenvalue weighted by Gasteiger charge is 2.29. The van der Waals surface area contributed by atoms with Crippen molar-refractivity contribution in [1.29, 1.82) is 0 Å². The Balaban J connectivity index is 1.86. The summed E-state index contributed by atoms with van der Waals surface area (Å²) in [6.45, 7) is 3.56. The first-order valence-corrected chi connectivity index (χ1v) is 9.69. The average Bonchev–Trinajstić information content (AvgIpc) is 2.63. The lowest BCUT2D eigenvalue weighted by Crippen LogP contribution is -2.47. The fourth-order valence-corrected chi connectivity index (χ4v) is 4.38. The Labute approximate surface area is 147 Å². The van der Waals surface area contributed by atoms with E-state index in [0.717, 1.165) is 12.1 Å². The van der Waals surface area contributed by atoms with Gasteiger partial charge in [-0.1, -0.05) is 0 Å². The second-order valence-electron chi connectivity index (χ2n) is 6.25. The van der Waals surface area contributed by atoms with Gasteiger partial charge in [-0.15, -0.1) is 0 Å². The Morgan fingerprint density at radius 2 is 1.72 bits per heavy atom. The van der Waals surface area contributed by atoms with Gasteiger partial charge in [-0.3, -0.25) is 4.79 Å². The maximum absolute atomic E-state index is 14.2. The van der Waals surface area contributed by atoms with Gasteiger partial charge in [0.2, 0.25) is 10.0 Å². The number of benzene rings is 1. The highest BCUT2D eigenvalue weighted by Crippen LogP contribution is 2.21. The summed E-state index contributed by atoms with van der Waals surface area (Å²) in [6, 6.07) is 3.41. The van der Waals surface area contributed by atoms with Crippen LogP contribution in [0, 0.1) is 5.82 Å². The normalized spacial score (nSPS) is 20.6. The molecule has 0 aromatic heterocycles. The molecule has 2 saturated heterocycles. The number of rotatable bonds is 3. The van der Waals surface area contributed by atoms with Gasteiger partial charge in [0.25, 0.3) is 5.91 Å². The van der Waals surface area contributed by atoms with E-state index in [4.69, 9.17) is 4.74 Å². The van der Waals surface area contributed by atoms with Crippen molar-refractivity contribution in [1.82, 2.24) is 14.1 Å². The van der Waals surface area contributed by atoms with E-state index in [1.165, 1.54) is 10.4 Å². The fourth-order valence-electron chi connectivity index (χ4n) is 2.94. The Bertz CT molecular complexity index is 742. The zero-order chi connectivity index (χ0) is 18.0. The molecule has 2 fully saturated rings. The lowest BCUT2D eigenvalue weighted by Gasteiger charge is -2.32. The van der Waals surface area contributed by atoms with Crippen LogP contribution >= 0.6 is 0 Å². The van der Waals surface area contributed by atoms with Crippen LogP contribution in [0.1, 0.15) is 10.4 Å². The summed E-state index contributed by atoms with van der Waals surface area (Å²) in [6.07, 6.45) is 0. The summed E-state index contributed by atoms with van der Waals surface area (Å²) in [5.74, 6) is -1.17. The smallest absolute Gasteiger partial charge is 0.256 e. The maximum atomic E-state index is 14.2. The van der Waals surface area contributed by atoms with Crippen molar-refractivity contribution in [2.24, 2.45) is 0 Å². The Morgan fingerprint density at radius 3 is 2.36 bits per heavy atom. The molecule has 2 aliphatic rings. The molecule has 0 bridgehead atoms. The molecule has 7 nitrogen and oxygen atoms in total. The number of nitrogens with zero attached hydrogens (tertiary/aromatic N) is 3. The van der Waals surface area contributed by atoms with E-state index in [2.05, 4.69) is 4.90 Å². The minimum absolute atomic E-state index is 0.0618. The van der Waals surface area contributed by atoms with Crippen LogP contribution in [0.15, 0.2) is 23.1 Å². The molecule has 0 aliphatic carbocycles. The van der Waals surface area contributed by atoms with Crippen molar-refractivity contribution >= 4 is 15.9 Å². The molecule has 25 heavy (non-hydrogen) atoms. The molecular weight excluding hydrogens is 349 g/mol. The van der Waals surface area contributed by atoms with Gasteiger partial charge in [0, 0.05) is 39.3 Å². The molecule has 2 heterocycles. The number of hydrogen-bond acceptors (Lipinski definition) is 5. The molecule has 1 amide bonds. The third-order valence-electron chi connectivity index (χ3n) is 4.57. The van der Waals surface area contributed by atoms with Crippen LogP contribution in [-0.2, 0) is 14.8 Å². The van der Waals surface area contributed by atoms with Crippen LogP contribution < -0.4 is 0 Å². The summed E-state index contributed by atoms with van der Waals surface area (Å²) in [7, 11) is -1.81. The second-order valence-corrected chi connectivity index (χ2v) is 8.19. The van der Waals surface area contributed by atoms with E-state index in [9.17, 15) is 17.6 Å². The Hall–Kier alpha value is -1.55. The van der Waals surface area contributed by atoms with E-state index in [-0.39, 0.29) is 23.5 Å². The minimum Gasteiger partial charge on any atom is -0.379 e. The molecule has 0 N–H and O–H groups in total.